The van der Waals surface area contributed by atoms with Gasteiger partial charge >= 0.3 is 0 Å². The molecule has 1 amide bonds. The number of halogens is 2. The maximum absolute atomic E-state index is 13.0. The van der Waals surface area contributed by atoms with Crippen LogP contribution in [0, 0.1) is 0 Å². The van der Waals surface area contributed by atoms with Gasteiger partial charge in [-0.05, 0) is 58.7 Å². The maximum Gasteiger partial charge on any atom is 0.249 e. The lowest BCUT2D eigenvalue weighted by Gasteiger charge is -2.17. The van der Waals surface area contributed by atoms with Crippen LogP contribution in [0.5, 0.6) is 5.75 Å². The molecular formula is C20H19BrClN3O4S. The molecular weight excluding hydrogens is 494 g/mol. The van der Waals surface area contributed by atoms with E-state index >= 15 is 0 Å². The molecule has 10 heteroatoms. The molecule has 0 aliphatic heterocycles. The highest BCUT2D eigenvalue weighted by atomic mass is 79.9. The first-order valence-corrected chi connectivity index (χ1v) is 11.6. The van der Waals surface area contributed by atoms with E-state index in [9.17, 15) is 13.2 Å². The van der Waals surface area contributed by atoms with Crippen LogP contribution in [-0.4, -0.2) is 31.2 Å². The number of ether oxygens (including phenoxy) is 1. The van der Waals surface area contributed by atoms with E-state index in [1.54, 1.807) is 23.1 Å². The zero-order chi connectivity index (χ0) is 21.9. The van der Waals surface area contributed by atoms with Crippen LogP contribution in [-0.2, 0) is 14.6 Å². The van der Waals surface area contributed by atoms with Crippen LogP contribution in [0.25, 0.3) is 0 Å². The molecule has 0 aliphatic rings. The third kappa shape index (κ3) is 4.85. The van der Waals surface area contributed by atoms with Gasteiger partial charge in [0.2, 0.25) is 15.7 Å². The average Bonchev–Trinajstić information content (AvgIpc) is 3.14. The summed E-state index contributed by atoms with van der Waals surface area (Å²) in [6, 6.07) is 9.67. The average molecular weight is 513 g/mol. The van der Waals surface area contributed by atoms with Gasteiger partial charge in [0, 0.05) is 23.0 Å². The number of benzene rings is 2. The Morgan fingerprint density at radius 3 is 2.50 bits per heavy atom. The fraction of sp³-hybridized carbons (Fsp3) is 0.200. The van der Waals surface area contributed by atoms with E-state index in [1.807, 2.05) is 6.92 Å². The van der Waals surface area contributed by atoms with E-state index in [2.05, 4.69) is 26.3 Å². The van der Waals surface area contributed by atoms with Crippen LogP contribution in [0.15, 0.2) is 69.1 Å². The number of rotatable bonds is 7. The second-order valence-corrected chi connectivity index (χ2v) is 9.71. The third-order valence-corrected chi connectivity index (χ3v) is 6.81. The minimum atomic E-state index is -3.83. The van der Waals surface area contributed by atoms with Crippen LogP contribution in [0.3, 0.4) is 0 Å². The van der Waals surface area contributed by atoms with Crippen molar-refractivity contribution in [3.05, 3.63) is 64.4 Å². The van der Waals surface area contributed by atoms with E-state index in [0.717, 1.165) is 4.47 Å². The molecule has 1 N–H and O–H groups in total. The lowest BCUT2D eigenvalue weighted by molar-refractivity contribution is -0.119. The van der Waals surface area contributed by atoms with Crippen molar-refractivity contribution in [2.24, 2.45) is 0 Å². The molecule has 1 atom stereocenters. The number of carbonyl (C=O) groups is 1. The van der Waals surface area contributed by atoms with Gasteiger partial charge < -0.3 is 10.1 Å². The van der Waals surface area contributed by atoms with Crippen LogP contribution in [0.4, 0.5) is 5.69 Å². The number of amides is 1. The fourth-order valence-electron chi connectivity index (χ4n) is 2.87. The number of nitrogens with one attached hydrogen (secondary N) is 1. The Bertz CT molecular complexity index is 1160. The highest BCUT2D eigenvalue weighted by molar-refractivity contribution is 9.10. The van der Waals surface area contributed by atoms with Crippen molar-refractivity contribution in [2.75, 3.05) is 12.4 Å². The summed E-state index contributed by atoms with van der Waals surface area (Å²) in [6.45, 7) is 1.86. The number of anilines is 1. The minimum Gasteiger partial charge on any atom is -0.497 e. The number of nitrogens with zero attached hydrogens (tertiary/aromatic N) is 2. The Labute approximate surface area is 188 Å². The van der Waals surface area contributed by atoms with Crippen molar-refractivity contribution in [2.45, 2.75) is 29.2 Å². The number of aromatic nitrogens is 2. The van der Waals surface area contributed by atoms with E-state index in [1.165, 1.54) is 43.5 Å². The quantitative estimate of drug-likeness (QED) is 0.494. The second-order valence-electron chi connectivity index (χ2n) is 6.41. The molecule has 3 aromatic rings. The molecule has 1 unspecified atom stereocenters. The molecule has 0 bridgehead atoms. The Balaban J connectivity index is 1.94. The Morgan fingerprint density at radius 1 is 1.23 bits per heavy atom. The SMILES string of the molecule is CCC(C(=O)Nc1cc(OC)cc(S(=O)(=O)c2ccc(Cl)cc2)c1)n1cc(Br)cn1. The van der Waals surface area contributed by atoms with Crippen molar-refractivity contribution < 1.29 is 17.9 Å². The van der Waals surface area contributed by atoms with Crippen molar-refractivity contribution >= 4 is 49.0 Å². The van der Waals surface area contributed by atoms with Crippen LogP contribution in [0.1, 0.15) is 19.4 Å². The standard InChI is InChI=1S/C20H19BrClN3O4S/c1-3-19(25-12-13(21)11-23-25)20(26)24-15-8-16(29-2)10-18(9-15)30(27,28)17-6-4-14(22)5-7-17/h4-12,19H,3H2,1-2H3,(H,24,26). The number of hydrogen-bond acceptors (Lipinski definition) is 5. The molecule has 2 aromatic carbocycles. The molecule has 0 aliphatic carbocycles. The highest BCUT2D eigenvalue weighted by Crippen LogP contribution is 2.29. The molecule has 1 heterocycles. The number of carbonyl (C=O) groups excluding carboxylic acids is 1. The van der Waals surface area contributed by atoms with E-state index in [0.29, 0.717) is 22.9 Å². The lowest BCUT2D eigenvalue weighted by Crippen LogP contribution is -2.26. The molecule has 7 nitrogen and oxygen atoms in total. The molecule has 0 radical (unpaired) electrons. The number of sulfone groups is 1. The van der Waals surface area contributed by atoms with Gasteiger partial charge in [0.25, 0.3) is 0 Å². The zero-order valence-electron chi connectivity index (χ0n) is 16.2. The molecule has 1 aromatic heterocycles. The van der Waals surface area contributed by atoms with E-state index in [4.69, 9.17) is 16.3 Å². The Hall–Kier alpha value is -2.36. The van der Waals surface area contributed by atoms with Gasteiger partial charge in [-0.3, -0.25) is 9.48 Å². The molecule has 0 fully saturated rings. The van der Waals surface area contributed by atoms with Gasteiger partial charge in [0.05, 0.1) is 27.6 Å². The maximum atomic E-state index is 13.0. The van der Waals surface area contributed by atoms with Gasteiger partial charge in [-0.1, -0.05) is 18.5 Å². The summed E-state index contributed by atoms with van der Waals surface area (Å²) in [4.78, 5) is 12.9. The van der Waals surface area contributed by atoms with Gasteiger partial charge in [0.15, 0.2) is 0 Å². The van der Waals surface area contributed by atoms with Gasteiger partial charge in [0.1, 0.15) is 11.8 Å². The number of hydrogen-bond donors (Lipinski definition) is 1. The first kappa shape index (κ1) is 22.3. The van der Waals surface area contributed by atoms with Crippen molar-refractivity contribution in [1.82, 2.24) is 9.78 Å². The molecule has 30 heavy (non-hydrogen) atoms. The Morgan fingerprint density at radius 2 is 1.93 bits per heavy atom. The summed E-state index contributed by atoms with van der Waals surface area (Å²) >= 11 is 9.18. The first-order chi connectivity index (χ1) is 14.2. The molecule has 0 saturated heterocycles. The first-order valence-electron chi connectivity index (χ1n) is 8.95. The van der Waals surface area contributed by atoms with Crippen molar-refractivity contribution in [3.8, 4) is 5.75 Å². The van der Waals surface area contributed by atoms with Crippen LogP contribution < -0.4 is 10.1 Å². The fourth-order valence-corrected chi connectivity index (χ4v) is 4.62. The van der Waals surface area contributed by atoms with Gasteiger partial charge in [-0.25, -0.2) is 8.42 Å². The number of methoxy groups -OCH3 is 1. The molecule has 0 spiro atoms. The summed E-state index contributed by atoms with van der Waals surface area (Å²) in [5, 5.41) is 7.37. The smallest absolute Gasteiger partial charge is 0.249 e. The monoisotopic (exact) mass is 511 g/mol. The van der Waals surface area contributed by atoms with Crippen LogP contribution >= 0.6 is 27.5 Å². The summed E-state index contributed by atoms with van der Waals surface area (Å²) in [5.74, 6) is -0.0218. The topological polar surface area (TPSA) is 90.3 Å². The molecule has 158 valence electrons. The minimum absolute atomic E-state index is 0.00523. The lowest BCUT2D eigenvalue weighted by atomic mass is 10.2. The largest absolute Gasteiger partial charge is 0.497 e. The molecule has 3 rings (SSSR count). The zero-order valence-corrected chi connectivity index (χ0v) is 19.3. The van der Waals surface area contributed by atoms with E-state index in [-0.39, 0.29) is 15.7 Å². The molecule has 0 saturated carbocycles. The second kappa shape index (κ2) is 9.20. The van der Waals surface area contributed by atoms with Crippen molar-refractivity contribution in [3.63, 3.8) is 0 Å². The van der Waals surface area contributed by atoms with Gasteiger partial charge in [-0.15, -0.1) is 0 Å². The summed E-state index contributed by atoms with van der Waals surface area (Å²) in [6.07, 6.45) is 3.80. The summed E-state index contributed by atoms with van der Waals surface area (Å²) in [5.41, 5.74) is 0.302. The third-order valence-electron chi connectivity index (χ3n) is 4.40. The highest BCUT2D eigenvalue weighted by Gasteiger charge is 2.23. The van der Waals surface area contributed by atoms with Gasteiger partial charge in [-0.2, -0.15) is 5.10 Å². The van der Waals surface area contributed by atoms with Crippen molar-refractivity contribution in [1.29, 1.82) is 0 Å². The predicted molar refractivity (Wildman–Crippen MR) is 118 cm³/mol. The van der Waals surface area contributed by atoms with E-state index < -0.39 is 15.9 Å². The normalized spacial score (nSPS) is 12.4. The van der Waals surface area contributed by atoms with Crippen LogP contribution in [0.2, 0.25) is 5.02 Å². The summed E-state index contributed by atoms with van der Waals surface area (Å²) < 4.78 is 33.6. The summed E-state index contributed by atoms with van der Waals surface area (Å²) in [7, 11) is -2.41. The predicted octanol–water partition coefficient (Wildman–Crippen LogP) is 4.73. The Kier molecular flexibility index (Phi) is 6.84.